The number of amides is 1. The first-order chi connectivity index (χ1) is 12.4. The van der Waals surface area contributed by atoms with Crippen LogP contribution in [0.5, 0.6) is 0 Å². The van der Waals surface area contributed by atoms with E-state index in [0.29, 0.717) is 18.9 Å². The lowest BCUT2D eigenvalue weighted by Gasteiger charge is -2.39. The summed E-state index contributed by atoms with van der Waals surface area (Å²) in [6.45, 7) is 5.28. The molecule has 0 aliphatic carbocycles. The Morgan fingerprint density at radius 3 is 2.73 bits per heavy atom. The van der Waals surface area contributed by atoms with E-state index in [9.17, 15) is 9.90 Å². The number of hydrogen-bond donors (Lipinski definition) is 2. The molecule has 8 nitrogen and oxygen atoms in total. The first-order valence-electron chi connectivity index (χ1n) is 8.88. The molecule has 26 heavy (non-hydrogen) atoms. The average Bonchev–Trinajstić information content (AvgIpc) is 2.87. The van der Waals surface area contributed by atoms with E-state index in [1.54, 1.807) is 23.1 Å². The number of hydrogen-bond acceptors (Lipinski definition) is 6. The fraction of sp³-hybridized carbons (Fsp3) is 0.556. The summed E-state index contributed by atoms with van der Waals surface area (Å²) < 4.78 is 1.78. The van der Waals surface area contributed by atoms with Crippen LogP contribution in [-0.2, 0) is 18.3 Å². The Bertz CT molecular complexity index is 775. The van der Waals surface area contributed by atoms with Gasteiger partial charge in [-0.15, -0.1) is 0 Å². The van der Waals surface area contributed by atoms with Crippen LogP contribution in [0.1, 0.15) is 29.8 Å². The highest BCUT2D eigenvalue weighted by Crippen LogP contribution is 2.23. The molecule has 3 heterocycles. The minimum atomic E-state index is -0.980. The maximum Gasteiger partial charge on any atom is 0.225 e. The van der Waals surface area contributed by atoms with Crippen LogP contribution in [0.4, 0.5) is 5.95 Å². The number of carbonyl (C=O) groups excluding carboxylic acids is 1. The third kappa shape index (κ3) is 4.01. The zero-order valence-electron chi connectivity index (χ0n) is 15.6. The summed E-state index contributed by atoms with van der Waals surface area (Å²) in [5.41, 5.74) is 1.82. The largest absolute Gasteiger partial charge is 0.386 e. The van der Waals surface area contributed by atoms with E-state index in [1.807, 2.05) is 25.8 Å². The topological polar surface area (TPSA) is 96.2 Å². The monoisotopic (exact) mass is 358 g/mol. The van der Waals surface area contributed by atoms with Gasteiger partial charge in [0.15, 0.2) is 0 Å². The van der Waals surface area contributed by atoms with Crippen molar-refractivity contribution in [1.29, 1.82) is 0 Å². The molecule has 1 amide bonds. The number of anilines is 1. The zero-order chi connectivity index (χ0) is 18.7. The van der Waals surface area contributed by atoms with Crippen LogP contribution in [0.15, 0.2) is 18.5 Å². The van der Waals surface area contributed by atoms with E-state index >= 15 is 0 Å². The Balaban J connectivity index is 1.58. The molecule has 140 valence electrons. The summed E-state index contributed by atoms with van der Waals surface area (Å²) in [5, 5.41) is 18.1. The van der Waals surface area contributed by atoms with Gasteiger partial charge in [0.05, 0.1) is 24.3 Å². The van der Waals surface area contributed by atoms with Crippen molar-refractivity contribution in [2.75, 3.05) is 24.5 Å². The summed E-state index contributed by atoms with van der Waals surface area (Å²) in [6.07, 6.45) is 5.12. The predicted molar refractivity (Wildman–Crippen MR) is 97.8 cm³/mol. The molecule has 0 saturated carbocycles. The molecule has 0 radical (unpaired) electrons. The molecule has 1 saturated heterocycles. The Kier molecular flexibility index (Phi) is 5.22. The van der Waals surface area contributed by atoms with E-state index in [4.69, 9.17) is 0 Å². The molecule has 0 unspecified atom stereocenters. The van der Waals surface area contributed by atoms with Crippen molar-refractivity contribution in [3.63, 3.8) is 0 Å². The Morgan fingerprint density at radius 1 is 1.35 bits per heavy atom. The smallest absolute Gasteiger partial charge is 0.225 e. The number of rotatable bonds is 5. The summed E-state index contributed by atoms with van der Waals surface area (Å²) in [4.78, 5) is 22.8. The van der Waals surface area contributed by atoms with Crippen LogP contribution in [0.25, 0.3) is 0 Å². The number of nitrogens with zero attached hydrogens (tertiary/aromatic N) is 5. The molecule has 0 spiro atoms. The number of carbonyl (C=O) groups is 1. The van der Waals surface area contributed by atoms with Crippen LogP contribution >= 0.6 is 0 Å². The van der Waals surface area contributed by atoms with Crippen molar-refractivity contribution in [2.45, 2.75) is 38.7 Å². The molecule has 2 N–H and O–H groups in total. The number of piperidine rings is 1. The highest BCUT2D eigenvalue weighted by Gasteiger charge is 2.34. The second-order valence-electron chi connectivity index (χ2n) is 7.02. The molecule has 3 rings (SSSR count). The van der Waals surface area contributed by atoms with Gasteiger partial charge in [-0.05, 0) is 32.8 Å². The van der Waals surface area contributed by atoms with Gasteiger partial charge in [-0.25, -0.2) is 9.97 Å². The van der Waals surface area contributed by atoms with Gasteiger partial charge in [0.25, 0.3) is 0 Å². The molecule has 2 aromatic heterocycles. The van der Waals surface area contributed by atoms with Crippen molar-refractivity contribution >= 4 is 11.9 Å². The number of nitrogens with one attached hydrogen (secondary N) is 1. The fourth-order valence-electron chi connectivity index (χ4n) is 3.44. The average molecular weight is 358 g/mol. The molecule has 8 heteroatoms. The van der Waals surface area contributed by atoms with Crippen LogP contribution < -0.4 is 10.2 Å². The first-order valence-corrected chi connectivity index (χ1v) is 8.88. The highest BCUT2D eigenvalue weighted by molar-refractivity contribution is 5.79. The highest BCUT2D eigenvalue weighted by atomic mass is 16.3. The predicted octanol–water partition coefficient (Wildman–Crippen LogP) is 0.517. The van der Waals surface area contributed by atoms with Gasteiger partial charge in [-0.2, -0.15) is 5.10 Å². The minimum Gasteiger partial charge on any atom is -0.386 e. The van der Waals surface area contributed by atoms with E-state index in [2.05, 4.69) is 20.4 Å². The minimum absolute atomic E-state index is 0.106. The van der Waals surface area contributed by atoms with Crippen molar-refractivity contribution in [1.82, 2.24) is 25.1 Å². The van der Waals surface area contributed by atoms with Gasteiger partial charge in [0.2, 0.25) is 11.9 Å². The lowest BCUT2D eigenvalue weighted by atomic mass is 9.93. The first kappa shape index (κ1) is 18.3. The number of aryl methyl sites for hydroxylation is 2. The zero-order valence-corrected chi connectivity index (χ0v) is 15.6. The maximum atomic E-state index is 12.4. The van der Waals surface area contributed by atoms with Gasteiger partial charge in [-0.1, -0.05) is 0 Å². The quantitative estimate of drug-likeness (QED) is 0.809. The van der Waals surface area contributed by atoms with E-state index in [1.165, 1.54) is 0 Å². The molecular formula is C18H26N6O2. The Morgan fingerprint density at radius 2 is 2.08 bits per heavy atom. The second kappa shape index (κ2) is 7.41. The van der Waals surface area contributed by atoms with Gasteiger partial charge >= 0.3 is 0 Å². The molecule has 1 aliphatic rings. The lowest BCUT2D eigenvalue weighted by molar-refractivity contribution is -0.121. The van der Waals surface area contributed by atoms with Crippen LogP contribution in [0, 0.1) is 13.8 Å². The molecule has 0 aromatic carbocycles. The summed E-state index contributed by atoms with van der Waals surface area (Å²) in [6, 6.07) is 1.77. The molecule has 1 atom stereocenters. The Hall–Kier alpha value is -2.48. The third-order valence-electron chi connectivity index (χ3n) is 5.00. The van der Waals surface area contributed by atoms with Crippen molar-refractivity contribution < 1.29 is 9.90 Å². The van der Waals surface area contributed by atoms with Gasteiger partial charge in [0, 0.05) is 43.8 Å². The fourth-order valence-corrected chi connectivity index (χ4v) is 3.44. The van der Waals surface area contributed by atoms with Crippen molar-refractivity contribution in [3.8, 4) is 0 Å². The van der Waals surface area contributed by atoms with Gasteiger partial charge < -0.3 is 15.3 Å². The SMILES string of the molecule is Cc1nn(C)c(C)c1CC(=O)NC[C@@]1(O)CCCN(c2ncccn2)C1. The molecule has 1 fully saturated rings. The molecule has 1 aliphatic heterocycles. The number of aromatic nitrogens is 4. The van der Waals surface area contributed by atoms with Gasteiger partial charge in [0.1, 0.15) is 0 Å². The third-order valence-corrected chi connectivity index (χ3v) is 5.00. The van der Waals surface area contributed by atoms with Crippen molar-refractivity contribution in [3.05, 3.63) is 35.4 Å². The summed E-state index contributed by atoms with van der Waals surface area (Å²) in [7, 11) is 1.87. The van der Waals surface area contributed by atoms with E-state index < -0.39 is 5.60 Å². The lowest BCUT2D eigenvalue weighted by Crippen LogP contribution is -2.54. The molecule has 2 aromatic rings. The Labute approximate surface area is 153 Å². The van der Waals surface area contributed by atoms with E-state index in [0.717, 1.165) is 29.9 Å². The second-order valence-corrected chi connectivity index (χ2v) is 7.02. The summed E-state index contributed by atoms with van der Waals surface area (Å²) >= 11 is 0. The van der Waals surface area contributed by atoms with E-state index in [-0.39, 0.29) is 18.9 Å². The number of β-amino-alcohol motifs (C(OH)–C–C–N with tert-alkyl or cyclic N) is 1. The molecular weight excluding hydrogens is 332 g/mol. The van der Waals surface area contributed by atoms with Crippen LogP contribution in [0.2, 0.25) is 0 Å². The van der Waals surface area contributed by atoms with Gasteiger partial charge in [-0.3, -0.25) is 9.48 Å². The normalized spacial score (nSPS) is 20.2. The van der Waals surface area contributed by atoms with Crippen molar-refractivity contribution in [2.24, 2.45) is 7.05 Å². The maximum absolute atomic E-state index is 12.4. The standard InChI is InChI=1S/C18H26N6O2/c1-13-15(14(2)23(3)22-13)10-16(25)21-11-18(26)6-4-9-24(12-18)17-19-7-5-8-20-17/h5,7-8,26H,4,6,9-12H2,1-3H3,(H,21,25)/t18-/m0/s1. The number of aliphatic hydroxyl groups is 1. The van der Waals surface area contributed by atoms with Crippen LogP contribution in [-0.4, -0.2) is 56.0 Å². The molecule has 0 bridgehead atoms. The van der Waals surface area contributed by atoms with Crippen LogP contribution in [0.3, 0.4) is 0 Å². The summed E-state index contributed by atoms with van der Waals surface area (Å²) in [5.74, 6) is 0.504.